The van der Waals surface area contributed by atoms with E-state index in [1.165, 1.54) is 23.7 Å². The standard InChI is InChI=1S/C12H14ClN5O2S/c1-18(8-9-2-4-10(13)5-3-9)21(19,20)11-6-15-12(17-14)16-7-11/h2-7H,8,14H2,1H3,(H,15,16,17). The second kappa shape index (κ2) is 6.35. The highest BCUT2D eigenvalue weighted by atomic mass is 35.5. The fourth-order valence-corrected chi connectivity index (χ4v) is 2.81. The molecule has 0 spiro atoms. The number of sulfonamides is 1. The summed E-state index contributed by atoms with van der Waals surface area (Å²) in [6.07, 6.45) is 2.41. The number of benzene rings is 1. The van der Waals surface area contributed by atoms with Crippen LogP contribution < -0.4 is 11.3 Å². The van der Waals surface area contributed by atoms with Crippen LogP contribution >= 0.6 is 11.6 Å². The van der Waals surface area contributed by atoms with Gasteiger partial charge in [-0.2, -0.15) is 4.31 Å². The Hall–Kier alpha value is -1.74. The number of anilines is 1. The molecule has 0 atom stereocenters. The number of hydrogen-bond donors (Lipinski definition) is 2. The maximum Gasteiger partial charge on any atom is 0.246 e. The van der Waals surface area contributed by atoms with Crippen LogP contribution in [0, 0.1) is 0 Å². The lowest BCUT2D eigenvalue weighted by Crippen LogP contribution is -2.27. The van der Waals surface area contributed by atoms with Gasteiger partial charge in [-0.15, -0.1) is 0 Å². The van der Waals surface area contributed by atoms with Crippen molar-refractivity contribution in [2.75, 3.05) is 12.5 Å². The van der Waals surface area contributed by atoms with Crippen molar-refractivity contribution >= 4 is 27.6 Å². The lowest BCUT2D eigenvalue weighted by molar-refractivity contribution is 0.466. The third kappa shape index (κ3) is 3.67. The summed E-state index contributed by atoms with van der Waals surface area (Å²) in [6, 6.07) is 6.96. The molecule has 1 heterocycles. The molecule has 0 saturated heterocycles. The molecule has 0 bridgehead atoms. The first kappa shape index (κ1) is 15.6. The molecule has 0 aliphatic carbocycles. The van der Waals surface area contributed by atoms with Crippen LogP contribution in [0.4, 0.5) is 5.95 Å². The van der Waals surface area contributed by atoms with Crippen molar-refractivity contribution in [2.45, 2.75) is 11.4 Å². The zero-order valence-corrected chi connectivity index (χ0v) is 12.8. The fraction of sp³-hybridized carbons (Fsp3) is 0.167. The van der Waals surface area contributed by atoms with E-state index in [0.717, 1.165) is 5.56 Å². The number of nitrogens with two attached hydrogens (primary N) is 1. The van der Waals surface area contributed by atoms with Gasteiger partial charge in [0.15, 0.2) is 0 Å². The minimum Gasteiger partial charge on any atom is -0.292 e. The van der Waals surface area contributed by atoms with Crippen molar-refractivity contribution in [3.63, 3.8) is 0 Å². The van der Waals surface area contributed by atoms with E-state index in [0.29, 0.717) is 5.02 Å². The molecule has 112 valence electrons. The maximum atomic E-state index is 12.4. The van der Waals surface area contributed by atoms with Crippen molar-refractivity contribution in [3.05, 3.63) is 47.2 Å². The lowest BCUT2D eigenvalue weighted by Gasteiger charge is -2.17. The van der Waals surface area contributed by atoms with E-state index in [-0.39, 0.29) is 17.4 Å². The largest absolute Gasteiger partial charge is 0.292 e. The summed E-state index contributed by atoms with van der Waals surface area (Å²) >= 11 is 5.80. The van der Waals surface area contributed by atoms with Crippen molar-refractivity contribution in [1.29, 1.82) is 0 Å². The quantitative estimate of drug-likeness (QED) is 0.633. The highest BCUT2D eigenvalue weighted by Gasteiger charge is 2.21. The van der Waals surface area contributed by atoms with Crippen LogP contribution in [-0.2, 0) is 16.6 Å². The smallest absolute Gasteiger partial charge is 0.246 e. The van der Waals surface area contributed by atoms with Crippen LogP contribution in [0.15, 0.2) is 41.6 Å². The van der Waals surface area contributed by atoms with Crippen LogP contribution in [0.25, 0.3) is 0 Å². The van der Waals surface area contributed by atoms with Crippen LogP contribution in [0.5, 0.6) is 0 Å². The number of nitrogens with zero attached hydrogens (tertiary/aromatic N) is 3. The van der Waals surface area contributed by atoms with Gasteiger partial charge in [0.05, 0.1) is 12.4 Å². The molecular formula is C12H14ClN5O2S. The van der Waals surface area contributed by atoms with E-state index in [4.69, 9.17) is 17.4 Å². The Morgan fingerprint density at radius 1 is 1.24 bits per heavy atom. The highest BCUT2D eigenvalue weighted by Crippen LogP contribution is 2.17. The third-order valence-electron chi connectivity index (χ3n) is 2.78. The third-order valence-corrected chi connectivity index (χ3v) is 4.79. The Morgan fingerprint density at radius 3 is 2.33 bits per heavy atom. The summed E-state index contributed by atoms with van der Waals surface area (Å²) < 4.78 is 26.0. The van der Waals surface area contributed by atoms with Gasteiger partial charge in [0.25, 0.3) is 0 Å². The molecule has 2 aromatic rings. The van der Waals surface area contributed by atoms with Crippen LogP contribution in [0.3, 0.4) is 0 Å². The van der Waals surface area contributed by atoms with Gasteiger partial charge in [-0.25, -0.2) is 24.2 Å². The van der Waals surface area contributed by atoms with Gasteiger partial charge >= 0.3 is 0 Å². The van der Waals surface area contributed by atoms with E-state index < -0.39 is 10.0 Å². The average Bonchev–Trinajstić information content (AvgIpc) is 2.49. The van der Waals surface area contributed by atoms with Crippen molar-refractivity contribution in [2.24, 2.45) is 5.84 Å². The molecule has 21 heavy (non-hydrogen) atoms. The Morgan fingerprint density at radius 2 is 1.81 bits per heavy atom. The first-order valence-electron chi connectivity index (χ1n) is 5.93. The van der Waals surface area contributed by atoms with Gasteiger partial charge in [-0.3, -0.25) is 5.43 Å². The summed E-state index contributed by atoms with van der Waals surface area (Å²) in [7, 11) is -2.18. The summed E-state index contributed by atoms with van der Waals surface area (Å²) in [5, 5.41) is 0.600. The zero-order valence-electron chi connectivity index (χ0n) is 11.2. The summed E-state index contributed by atoms with van der Waals surface area (Å²) in [6.45, 7) is 0.219. The maximum absolute atomic E-state index is 12.4. The number of nitrogens with one attached hydrogen (secondary N) is 1. The molecule has 9 heteroatoms. The van der Waals surface area contributed by atoms with E-state index in [1.54, 1.807) is 24.3 Å². The minimum atomic E-state index is -3.67. The normalized spacial score (nSPS) is 11.6. The predicted molar refractivity (Wildman–Crippen MR) is 79.9 cm³/mol. The van der Waals surface area contributed by atoms with E-state index in [1.807, 2.05) is 0 Å². The number of halogens is 1. The average molecular weight is 328 g/mol. The summed E-state index contributed by atoms with van der Waals surface area (Å²) in [5.74, 6) is 5.28. The Labute approximate surface area is 127 Å². The fourth-order valence-electron chi connectivity index (χ4n) is 1.64. The van der Waals surface area contributed by atoms with E-state index >= 15 is 0 Å². The zero-order chi connectivity index (χ0) is 15.5. The first-order valence-corrected chi connectivity index (χ1v) is 7.75. The van der Waals surface area contributed by atoms with Gasteiger partial charge < -0.3 is 0 Å². The molecule has 7 nitrogen and oxygen atoms in total. The first-order chi connectivity index (χ1) is 9.93. The summed E-state index contributed by atoms with van der Waals surface area (Å²) in [4.78, 5) is 7.59. The Balaban J connectivity index is 2.19. The molecule has 3 N–H and O–H groups in total. The van der Waals surface area contributed by atoms with Crippen LogP contribution in [0.1, 0.15) is 5.56 Å². The van der Waals surface area contributed by atoms with Crippen molar-refractivity contribution in [3.8, 4) is 0 Å². The molecule has 0 fully saturated rings. The molecule has 2 rings (SSSR count). The number of hydrogen-bond acceptors (Lipinski definition) is 6. The monoisotopic (exact) mass is 327 g/mol. The molecule has 1 aromatic heterocycles. The number of hydrazine groups is 1. The number of rotatable bonds is 5. The SMILES string of the molecule is CN(Cc1ccc(Cl)cc1)S(=O)(=O)c1cnc(NN)nc1. The van der Waals surface area contributed by atoms with Gasteiger partial charge in [-0.05, 0) is 17.7 Å². The number of nitrogen functional groups attached to an aromatic ring is 1. The minimum absolute atomic E-state index is 0.00189. The molecule has 0 radical (unpaired) electrons. The van der Waals surface area contributed by atoms with Crippen LogP contribution in [0.2, 0.25) is 5.02 Å². The molecule has 0 aliphatic rings. The molecular weight excluding hydrogens is 314 g/mol. The molecule has 0 unspecified atom stereocenters. The lowest BCUT2D eigenvalue weighted by atomic mass is 10.2. The highest BCUT2D eigenvalue weighted by molar-refractivity contribution is 7.89. The van der Waals surface area contributed by atoms with Gasteiger partial charge in [0, 0.05) is 18.6 Å². The Bertz CT molecular complexity index is 703. The molecule has 1 aromatic carbocycles. The van der Waals surface area contributed by atoms with E-state index in [2.05, 4.69) is 15.4 Å². The van der Waals surface area contributed by atoms with Gasteiger partial charge in [-0.1, -0.05) is 23.7 Å². The summed E-state index contributed by atoms with van der Waals surface area (Å²) in [5.41, 5.74) is 3.06. The second-order valence-corrected chi connectivity index (χ2v) is 6.76. The van der Waals surface area contributed by atoms with Crippen LogP contribution in [-0.4, -0.2) is 29.7 Å². The van der Waals surface area contributed by atoms with Crippen molar-refractivity contribution in [1.82, 2.24) is 14.3 Å². The molecule has 0 saturated carbocycles. The van der Waals surface area contributed by atoms with Crippen molar-refractivity contribution < 1.29 is 8.42 Å². The Kier molecular flexibility index (Phi) is 4.73. The number of aromatic nitrogens is 2. The molecule has 0 amide bonds. The second-order valence-electron chi connectivity index (χ2n) is 4.27. The van der Waals surface area contributed by atoms with E-state index in [9.17, 15) is 8.42 Å². The topological polar surface area (TPSA) is 101 Å². The van der Waals surface area contributed by atoms with Gasteiger partial charge in [0.1, 0.15) is 4.90 Å². The van der Waals surface area contributed by atoms with Gasteiger partial charge in [0.2, 0.25) is 16.0 Å². The predicted octanol–water partition coefficient (Wildman–Crippen LogP) is 1.24. The molecule has 0 aliphatic heterocycles.